The number of ether oxygens (including phenoxy) is 1. The fourth-order valence-electron chi connectivity index (χ4n) is 4.77. The molecule has 0 saturated carbocycles. The van der Waals surface area contributed by atoms with E-state index in [0.29, 0.717) is 0 Å². The molecule has 2 heteroatoms. The van der Waals surface area contributed by atoms with Gasteiger partial charge in [0, 0.05) is 18.7 Å². The number of nitrogens with zero attached hydrogens (tertiary/aromatic N) is 1. The summed E-state index contributed by atoms with van der Waals surface area (Å²) >= 11 is 0. The van der Waals surface area contributed by atoms with Gasteiger partial charge in [0.15, 0.2) is 0 Å². The molecule has 3 aliphatic rings. The van der Waals surface area contributed by atoms with Gasteiger partial charge in [0.2, 0.25) is 0 Å². The van der Waals surface area contributed by atoms with Crippen LogP contribution in [0.5, 0.6) is 5.75 Å². The molecule has 0 bridgehead atoms. The molecule has 2 aliphatic heterocycles. The summed E-state index contributed by atoms with van der Waals surface area (Å²) in [5, 5.41) is 0. The molecule has 2 atom stereocenters. The monoisotopic (exact) mass is 317 g/mol. The first-order valence-electron chi connectivity index (χ1n) is 9.15. The van der Waals surface area contributed by atoms with Crippen molar-refractivity contribution in [1.29, 1.82) is 0 Å². The lowest BCUT2D eigenvalue weighted by Gasteiger charge is -2.46. The first kappa shape index (κ1) is 14.2. The molecule has 0 N–H and O–H groups in total. The van der Waals surface area contributed by atoms with Crippen molar-refractivity contribution in [2.75, 3.05) is 11.4 Å². The molecule has 1 aliphatic carbocycles. The highest BCUT2D eigenvalue weighted by Crippen LogP contribution is 2.45. The van der Waals surface area contributed by atoms with Crippen molar-refractivity contribution in [2.24, 2.45) is 0 Å². The van der Waals surface area contributed by atoms with Crippen molar-refractivity contribution in [3.05, 3.63) is 71.8 Å². The molecule has 2 aromatic carbocycles. The second-order valence-electron chi connectivity index (χ2n) is 7.23. The number of hydrogen-bond donors (Lipinski definition) is 0. The Labute approximate surface area is 143 Å². The Morgan fingerprint density at radius 2 is 1.83 bits per heavy atom. The van der Waals surface area contributed by atoms with Gasteiger partial charge in [-0.05, 0) is 48.9 Å². The van der Waals surface area contributed by atoms with Crippen molar-refractivity contribution in [1.82, 2.24) is 0 Å². The summed E-state index contributed by atoms with van der Waals surface area (Å²) < 4.78 is 6.48. The molecule has 2 heterocycles. The first-order valence-corrected chi connectivity index (χ1v) is 9.15. The highest BCUT2D eigenvalue weighted by Gasteiger charge is 2.48. The predicted molar refractivity (Wildman–Crippen MR) is 97.8 cm³/mol. The van der Waals surface area contributed by atoms with Crippen molar-refractivity contribution in [3.63, 3.8) is 0 Å². The zero-order valence-corrected chi connectivity index (χ0v) is 13.9. The summed E-state index contributed by atoms with van der Waals surface area (Å²) in [5.41, 5.74) is 4.23. The van der Waals surface area contributed by atoms with Gasteiger partial charge in [-0.25, -0.2) is 0 Å². The summed E-state index contributed by atoms with van der Waals surface area (Å²) in [5.74, 6) is 1.08. The van der Waals surface area contributed by atoms with Crippen LogP contribution in [0.4, 0.5) is 5.69 Å². The fraction of sp³-hybridized carbons (Fsp3) is 0.364. The van der Waals surface area contributed by atoms with Crippen LogP contribution in [0.3, 0.4) is 0 Å². The number of allylic oxidation sites excluding steroid dienone is 1. The number of rotatable bonds is 2. The third kappa shape index (κ3) is 2.02. The molecule has 2 aromatic rings. The molecule has 0 saturated heterocycles. The van der Waals surface area contributed by atoms with Crippen molar-refractivity contribution < 1.29 is 4.74 Å². The molecule has 122 valence electrons. The van der Waals surface area contributed by atoms with Gasteiger partial charge in [0.1, 0.15) is 11.9 Å². The van der Waals surface area contributed by atoms with E-state index in [1.54, 1.807) is 0 Å². The summed E-state index contributed by atoms with van der Waals surface area (Å²) in [4.78, 5) is 2.63. The van der Waals surface area contributed by atoms with Crippen molar-refractivity contribution in [2.45, 2.75) is 43.7 Å². The lowest BCUT2D eigenvalue weighted by atomic mass is 9.79. The van der Waals surface area contributed by atoms with E-state index in [2.05, 4.69) is 65.6 Å². The summed E-state index contributed by atoms with van der Waals surface area (Å²) in [6.45, 7) is 1.10. The molecular weight excluding hydrogens is 294 g/mol. The zero-order chi connectivity index (χ0) is 16.0. The SMILES string of the molecule is C1=CC(C2Cc3ccccc3O2)(N2CCc3ccccc32)CCC1. The second kappa shape index (κ2) is 5.41. The molecule has 0 amide bonds. The summed E-state index contributed by atoms with van der Waals surface area (Å²) in [7, 11) is 0. The van der Waals surface area contributed by atoms with Gasteiger partial charge in [-0.3, -0.25) is 0 Å². The Morgan fingerprint density at radius 1 is 1.00 bits per heavy atom. The van der Waals surface area contributed by atoms with Gasteiger partial charge < -0.3 is 9.64 Å². The minimum atomic E-state index is -0.0100. The molecule has 0 fully saturated rings. The molecule has 0 aromatic heterocycles. The summed E-state index contributed by atoms with van der Waals surface area (Å²) in [6, 6.07) is 17.4. The highest BCUT2D eigenvalue weighted by atomic mass is 16.5. The zero-order valence-electron chi connectivity index (χ0n) is 13.9. The molecule has 24 heavy (non-hydrogen) atoms. The lowest BCUT2D eigenvalue weighted by molar-refractivity contribution is 0.142. The van der Waals surface area contributed by atoms with E-state index in [9.17, 15) is 0 Å². The van der Waals surface area contributed by atoms with Crippen LogP contribution >= 0.6 is 0 Å². The molecule has 2 nitrogen and oxygen atoms in total. The largest absolute Gasteiger partial charge is 0.487 e. The second-order valence-corrected chi connectivity index (χ2v) is 7.23. The van der Waals surface area contributed by atoms with Crippen molar-refractivity contribution >= 4 is 5.69 Å². The van der Waals surface area contributed by atoms with Crippen LogP contribution in [0.2, 0.25) is 0 Å². The van der Waals surface area contributed by atoms with Crippen LogP contribution in [0.15, 0.2) is 60.7 Å². The fourth-order valence-corrected chi connectivity index (χ4v) is 4.77. The van der Waals surface area contributed by atoms with E-state index in [1.165, 1.54) is 36.1 Å². The summed E-state index contributed by atoms with van der Waals surface area (Å²) in [6.07, 6.45) is 10.8. The molecular formula is C22H23NO. The maximum absolute atomic E-state index is 6.48. The van der Waals surface area contributed by atoms with E-state index < -0.39 is 0 Å². The van der Waals surface area contributed by atoms with Crippen LogP contribution in [0.1, 0.15) is 30.4 Å². The Morgan fingerprint density at radius 3 is 2.67 bits per heavy atom. The van der Waals surface area contributed by atoms with E-state index in [1.807, 2.05) is 0 Å². The van der Waals surface area contributed by atoms with Crippen LogP contribution in [0.25, 0.3) is 0 Å². The van der Waals surface area contributed by atoms with Crippen LogP contribution in [-0.4, -0.2) is 18.2 Å². The minimum Gasteiger partial charge on any atom is -0.487 e. The number of hydrogen-bond acceptors (Lipinski definition) is 2. The van der Waals surface area contributed by atoms with Gasteiger partial charge in [-0.2, -0.15) is 0 Å². The maximum atomic E-state index is 6.48. The van der Waals surface area contributed by atoms with E-state index in [-0.39, 0.29) is 11.6 Å². The van der Waals surface area contributed by atoms with Crippen LogP contribution in [-0.2, 0) is 12.8 Å². The van der Waals surface area contributed by atoms with E-state index in [4.69, 9.17) is 4.74 Å². The quantitative estimate of drug-likeness (QED) is 0.755. The number of benzene rings is 2. The average Bonchev–Trinajstić information content (AvgIpc) is 3.27. The number of fused-ring (bicyclic) bond motifs is 2. The lowest BCUT2D eigenvalue weighted by Crippen LogP contribution is -2.57. The third-order valence-corrected chi connectivity index (χ3v) is 5.95. The molecule has 2 unspecified atom stereocenters. The standard InChI is InChI=1S/C22H23NO/c1-6-13-22(14-7-1,21-16-18-9-3-5-11-20(18)24-21)23-15-12-17-8-2-4-10-19(17)23/h2-6,8-11,13,21H,1,7,12,14-16H2. The Balaban J connectivity index is 1.57. The van der Waals surface area contributed by atoms with Gasteiger partial charge in [-0.1, -0.05) is 48.6 Å². The molecule has 5 rings (SSSR count). The van der Waals surface area contributed by atoms with Crippen LogP contribution < -0.4 is 9.64 Å². The third-order valence-electron chi connectivity index (χ3n) is 5.95. The average molecular weight is 317 g/mol. The predicted octanol–water partition coefficient (Wildman–Crippen LogP) is 4.53. The number of para-hydroxylation sites is 2. The Hall–Kier alpha value is -2.22. The first-order chi connectivity index (χ1) is 11.9. The molecule has 0 radical (unpaired) electrons. The van der Waals surface area contributed by atoms with Gasteiger partial charge in [0.05, 0.1) is 5.54 Å². The smallest absolute Gasteiger partial charge is 0.130 e. The minimum absolute atomic E-state index is 0.0100. The number of anilines is 1. The Bertz CT molecular complexity index is 771. The van der Waals surface area contributed by atoms with Crippen LogP contribution in [0, 0.1) is 0 Å². The van der Waals surface area contributed by atoms with Gasteiger partial charge in [0.25, 0.3) is 0 Å². The Kier molecular flexibility index (Phi) is 3.19. The molecule has 0 spiro atoms. The van der Waals surface area contributed by atoms with Gasteiger partial charge >= 0.3 is 0 Å². The maximum Gasteiger partial charge on any atom is 0.130 e. The normalized spacial score (nSPS) is 27.7. The van der Waals surface area contributed by atoms with Gasteiger partial charge in [-0.15, -0.1) is 0 Å². The highest BCUT2D eigenvalue weighted by molar-refractivity contribution is 5.62. The topological polar surface area (TPSA) is 12.5 Å². The van der Waals surface area contributed by atoms with Crippen molar-refractivity contribution in [3.8, 4) is 5.75 Å². The van der Waals surface area contributed by atoms with E-state index >= 15 is 0 Å². The van der Waals surface area contributed by atoms with E-state index in [0.717, 1.165) is 25.1 Å².